The van der Waals surface area contributed by atoms with Gasteiger partial charge in [0.2, 0.25) is 0 Å². The van der Waals surface area contributed by atoms with Crippen LogP contribution in [0.1, 0.15) is 6.92 Å². The van der Waals surface area contributed by atoms with E-state index in [1.54, 1.807) is 26.2 Å². The van der Waals surface area contributed by atoms with Gasteiger partial charge in [0.05, 0.1) is 0 Å². The second kappa shape index (κ2) is 2.60. The number of hydrogen-bond acceptors (Lipinski definition) is 1. The van der Waals surface area contributed by atoms with Gasteiger partial charge in [0.25, 0.3) is 7.11 Å². The van der Waals surface area contributed by atoms with Crippen molar-refractivity contribution in [3.63, 3.8) is 0 Å². The summed E-state index contributed by atoms with van der Waals surface area (Å²) in [5.41, 5.74) is 0.722. The first-order valence-corrected chi connectivity index (χ1v) is 3.05. The Morgan fingerprint density at radius 2 is 2.10 bits per heavy atom. The molecule has 0 N–H and O–H groups in total. The number of rotatable bonds is 0. The molecule has 0 bridgehead atoms. The van der Waals surface area contributed by atoms with Gasteiger partial charge in [-0.2, -0.15) is 0 Å². The minimum absolute atomic E-state index is 0.0563. The van der Waals surface area contributed by atoms with Gasteiger partial charge in [-0.15, -0.1) is 0 Å². The van der Waals surface area contributed by atoms with Crippen LogP contribution in [0.5, 0.6) is 0 Å². The lowest BCUT2D eigenvalue weighted by Crippen LogP contribution is -2.05. The molecule has 2 nitrogen and oxygen atoms in total. The van der Waals surface area contributed by atoms with Crippen LogP contribution in [0.15, 0.2) is 23.8 Å². The Balaban J connectivity index is 2.95. The van der Waals surface area contributed by atoms with E-state index < -0.39 is 0 Å². The van der Waals surface area contributed by atoms with Crippen LogP contribution in [0, 0.1) is 0 Å². The quantitative estimate of drug-likeness (QED) is 0.358. The highest BCUT2D eigenvalue weighted by atomic mass is 16.4. The molecule has 0 aromatic rings. The van der Waals surface area contributed by atoms with Crippen LogP contribution >= 0.6 is 0 Å². The summed E-state index contributed by atoms with van der Waals surface area (Å²) in [6, 6.07) is 0. The highest BCUT2D eigenvalue weighted by Gasteiger charge is 2.12. The normalized spacial score (nSPS) is 21.6. The smallest absolute Gasteiger partial charge is 0.290 e. The van der Waals surface area contributed by atoms with E-state index in [-0.39, 0.29) is 5.78 Å². The average Bonchev–Trinajstić information content (AvgIpc) is 1.95. The molecule has 0 heterocycles. The fraction of sp³-hybridized carbons (Fsp3) is 0.250. The molecule has 0 unspecified atom stereocenters. The Labute approximate surface area is 59.6 Å². The highest BCUT2D eigenvalue weighted by molar-refractivity contribution is 6.17. The minimum atomic E-state index is 0.0563. The van der Waals surface area contributed by atoms with Crippen LogP contribution in [-0.4, -0.2) is 18.7 Å². The molecule has 0 amide bonds. The number of allylic oxidation sites excluding steroid dienone is 4. The van der Waals surface area contributed by atoms with Gasteiger partial charge in [-0.1, -0.05) is 0 Å². The summed E-state index contributed by atoms with van der Waals surface area (Å²) < 4.78 is 4.91. The molecule has 0 fully saturated rings. The molecule has 0 aliphatic heterocycles. The SMILES string of the molecule is C[O+]=C1C=CC(=O)C(C)=C1. The molecule has 0 aromatic heterocycles. The number of hydrogen-bond donors (Lipinski definition) is 0. The van der Waals surface area contributed by atoms with Crippen LogP contribution in [0.3, 0.4) is 0 Å². The first-order valence-electron chi connectivity index (χ1n) is 3.05. The van der Waals surface area contributed by atoms with Gasteiger partial charge < -0.3 is 0 Å². The van der Waals surface area contributed by atoms with Gasteiger partial charge in [-0.05, 0) is 13.0 Å². The standard InChI is InChI=1S/C8H9O2/c1-6-5-7(10-2)3-4-8(6)9/h3-5H,1-2H3/q+1. The maximum absolute atomic E-state index is 10.8. The predicted molar refractivity (Wildman–Crippen MR) is 38.8 cm³/mol. The maximum atomic E-state index is 10.8. The van der Waals surface area contributed by atoms with Gasteiger partial charge in [-0.25, -0.2) is 0 Å². The fourth-order valence-corrected chi connectivity index (χ4v) is 0.749. The van der Waals surface area contributed by atoms with E-state index in [0.29, 0.717) is 0 Å². The fourth-order valence-electron chi connectivity index (χ4n) is 0.749. The van der Waals surface area contributed by atoms with Crippen LogP contribution in [0.4, 0.5) is 0 Å². The number of ketones is 2. The Morgan fingerprint density at radius 1 is 1.40 bits per heavy atom. The first kappa shape index (κ1) is 6.93. The Bertz CT molecular complexity index is 244. The van der Waals surface area contributed by atoms with Crippen molar-refractivity contribution in [3.8, 4) is 0 Å². The number of carbonyl (C=O) groups is 1. The molecule has 0 spiro atoms. The summed E-state index contributed by atoms with van der Waals surface area (Å²) in [5.74, 6) is 0.790. The zero-order chi connectivity index (χ0) is 7.56. The molecule has 0 saturated heterocycles. The second-order valence-electron chi connectivity index (χ2n) is 2.13. The van der Waals surface area contributed by atoms with E-state index in [1.807, 2.05) is 0 Å². The zero-order valence-electron chi connectivity index (χ0n) is 6.05. The van der Waals surface area contributed by atoms with Crippen molar-refractivity contribution in [2.75, 3.05) is 7.11 Å². The van der Waals surface area contributed by atoms with E-state index in [9.17, 15) is 4.79 Å². The lowest BCUT2D eigenvalue weighted by atomic mass is 10.1. The predicted octanol–water partition coefficient (Wildman–Crippen LogP) is 0.806. The van der Waals surface area contributed by atoms with Crippen molar-refractivity contribution in [2.45, 2.75) is 6.92 Å². The van der Waals surface area contributed by atoms with E-state index in [1.165, 1.54) is 6.08 Å². The van der Waals surface area contributed by atoms with Crippen LogP contribution in [0.25, 0.3) is 0 Å². The molecule has 52 valence electrons. The number of carbonyl (C=O) groups excluding carboxylic acids is 2. The molecule has 10 heavy (non-hydrogen) atoms. The van der Waals surface area contributed by atoms with Gasteiger partial charge in [-0.3, -0.25) is 9.22 Å². The largest absolute Gasteiger partial charge is 0.343 e. The molecule has 0 aromatic carbocycles. The van der Waals surface area contributed by atoms with Crippen molar-refractivity contribution in [2.24, 2.45) is 0 Å². The first-order chi connectivity index (χ1) is 4.74. The van der Waals surface area contributed by atoms with Crippen molar-refractivity contribution < 1.29 is 9.22 Å². The van der Waals surface area contributed by atoms with Crippen molar-refractivity contribution in [1.29, 1.82) is 0 Å². The third-order valence-electron chi connectivity index (χ3n) is 1.38. The molecule has 2 heteroatoms. The molecule has 0 saturated carbocycles. The summed E-state index contributed by atoms with van der Waals surface area (Å²) in [6.45, 7) is 1.77. The molecule has 1 aliphatic carbocycles. The van der Waals surface area contributed by atoms with Gasteiger partial charge in [0.1, 0.15) is 0 Å². The lowest BCUT2D eigenvalue weighted by Gasteiger charge is -1.94. The second-order valence-corrected chi connectivity index (χ2v) is 2.13. The Hall–Kier alpha value is -1.18. The molecule has 0 radical (unpaired) electrons. The average molecular weight is 137 g/mol. The van der Waals surface area contributed by atoms with Crippen LogP contribution < -0.4 is 0 Å². The van der Waals surface area contributed by atoms with Gasteiger partial charge >= 0.3 is 5.78 Å². The third kappa shape index (κ3) is 1.21. The van der Waals surface area contributed by atoms with Crippen molar-refractivity contribution >= 4 is 11.6 Å². The Morgan fingerprint density at radius 3 is 2.60 bits per heavy atom. The van der Waals surface area contributed by atoms with Gasteiger partial charge in [0.15, 0.2) is 5.78 Å². The van der Waals surface area contributed by atoms with Crippen LogP contribution in [-0.2, 0) is 9.22 Å². The molecule has 1 rings (SSSR count). The maximum Gasteiger partial charge on any atom is 0.343 e. The third-order valence-corrected chi connectivity index (χ3v) is 1.38. The lowest BCUT2D eigenvalue weighted by molar-refractivity contribution is -0.417. The van der Waals surface area contributed by atoms with E-state index in [0.717, 1.165) is 11.4 Å². The van der Waals surface area contributed by atoms with Crippen molar-refractivity contribution in [1.82, 2.24) is 0 Å². The summed E-state index contributed by atoms with van der Waals surface area (Å²) in [4.78, 5) is 10.8. The van der Waals surface area contributed by atoms with E-state index in [4.69, 9.17) is 4.42 Å². The monoisotopic (exact) mass is 137 g/mol. The summed E-state index contributed by atoms with van der Waals surface area (Å²) in [7, 11) is 1.58. The molecule has 1 aliphatic rings. The minimum Gasteiger partial charge on any atom is -0.290 e. The molecule has 0 atom stereocenters. The topological polar surface area (TPSA) is 28.4 Å². The highest BCUT2D eigenvalue weighted by Crippen LogP contribution is 2.02. The zero-order valence-corrected chi connectivity index (χ0v) is 6.05. The van der Waals surface area contributed by atoms with E-state index >= 15 is 0 Å². The van der Waals surface area contributed by atoms with E-state index in [2.05, 4.69) is 0 Å². The summed E-state index contributed by atoms with van der Waals surface area (Å²) in [6.07, 6.45) is 4.89. The summed E-state index contributed by atoms with van der Waals surface area (Å²) >= 11 is 0. The van der Waals surface area contributed by atoms with Crippen LogP contribution in [0.2, 0.25) is 0 Å². The Kier molecular flexibility index (Phi) is 1.81. The van der Waals surface area contributed by atoms with Gasteiger partial charge in [0, 0.05) is 17.7 Å². The van der Waals surface area contributed by atoms with Crippen molar-refractivity contribution in [3.05, 3.63) is 23.8 Å². The molecular weight excluding hydrogens is 128 g/mol. The summed E-state index contributed by atoms with van der Waals surface area (Å²) in [5, 5.41) is 0. The molecular formula is C8H9O2+.